The number of ether oxygens (including phenoxy) is 1. The van der Waals surface area contributed by atoms with Gasteiger partial charge in [-0.15, -0.1) is 0 Å². The summed E-state index contributed by atoms with van der Waals surface area (Å²) in [5.41, 5.74) is 5.36. The van der Waals surface area contributed by atoms with Gasteiger partial charge in [-0.2, -0.15) is 0 Å². The first-order chi connectivity index (χ1) is 17.1. The number of benzene rings is 3. The second-order valence-corrected chi connectivity index (χ2v) is 9.99. The van der Waals surface area contributed by atoms with Crippen LogP contribution in [0.15, 0.2) is 72.8 Å². The Morgan fingerprint density at radius 2 is 1.40 bits per heavy atom. The maximum atomic E-state index is 13.4. The number of hydrogen-bond donors (Lipinski definition) is 0. The zero-order chi connectivity index (χ0) is 23.9. The molecule has 2 atom stereocenters. The molecule has 0 saturated carbocycles. The molecule has 35 heavy (non-hydrogen) atoms. The van der Waals surface area contributed by atoms with Crippen LogP contribution in [0.2, 0.25) is 0 Å². The van der Waals surface area contributed by atoms with E-state index in [4.69, 9.17) is 4.74 Å². The lowest BCUT2D eigenvalue weighted by Gasteiger charge is -2.47. The van der Waals surface area contributed by atoms with Gasteiger partial charge in [-0.3, -0.25) is 4.79 Å². The highest BCUT2D eigenvalue weighted by molar-refractivity contribution is 5.98. The number of amides is 1. The summed E-state index contributed by atoms with van der Waals surface area (Å²) in [6.07, 6.45) is 3.82. The number of hydrogen-bond acceptors (Lipinski definition) is 3. The fourth-order valence-corrected chi connectivity index (χ4v) is 6.41. The predicted octanol–water partition coefficient (Wildman–Crippen LogP) is 6.59. The number of fused-ring (bicyclic) bond motifs is 5. The van der Waals surface area contributed by atoms with Crippen LogP contribution < -0.4 is 0 Å². The molecule has 0 aromatic heterocycles. The summed E-state index contributed by atoms with van der Waals surface area (Å²) in [4.78, 5) is 28.4. The Bertz CT molecular complexity index is 1210. The number of nitrogens with zero attached hydrogens (tertiary/aromatic N) is 1. The first kappa shape index (κ1) is 22.0. The van der Waals surface area contributed by atoms with Crippen molar-refractivity contribution in [1.29, 1.82) is 0 Å². The van der Waals surface area contributed by atoms with E-state index in [1.54, 1.807) is 12.1 Å². The molecule has 1 amide bonds. The quantitative estimate of drug-likeness (QED) is 0.405. The number of rotatable bonds is 4. The van der Waals surface area contributed by atoms with E-state index in [1.807, 2.05) is 29.2 Å². The van der Waals surface area contributed by atoms with E-state index < -0.39 is 0 Å². The normalized spacial score (nSPS) is 22.9. The number of carbonyl (C=O) groups excluding carboxylic acids is 2. The molecule has 3 aromatic carbocycles. The van der Waals surface area contributed by atoms with Crippen LogP contribution in [0.5, 0.6) is 0 Å². The Morgan fingerprint density at radius 1 is 0.829 bits per heavy atom. The molecule has 2 saturated heterocycles. The van der Waals surface area contributed by atoms with Crippen LogP contribution in [-0.2, 0) is 4.74 Å². The van der Waals surface area contributed by atoms with E-state index in [0.29, 0.717) is 25.0 Å². The Morgan fingerprint density at radius 3 is 2.00 bits per heavy atom. The fraction of sp³-hybridized carbons (Fsp3) is 0.333. The molecule has 0 N–H and O–H groups in total. The van der Waals surface area contributed by atoms with Gasteiger partial charge < -0.3 is 9.64 Å². The SMILES string of the molecule is O=C(c1ccc(F)cc1)C1CC2CCCC(C1)N2C(=O)OCC1c2ccccc2-c2ccccc21. The van der Waals surface area contributed by atoms with Gasteiger partial charge in [0.15, 0.2) is 5.78 Å². The molecule has 0 radical (unpaired) electrons. The molecular formula is C30H28FNO3. The zero-order valence-electron chi connectivity index (χ0n) is 19.5. The Labute approximate surface area is 204 Å². The van der Waals surface area contributed by atoms with Gasteiger partial charge in [0, 0.05) is 29.5 Å². The highest BCUT2D eigenvalue weighted by Crippen LogP contribution is 2.45. The lowest BCUT2D eigenvalue weighted by Crippen LogP contribution is -2.55. The van der Waals surface area contributed by atoms with Crippen molar-refractivity contribution in [1.82, 2.24) is 4.90 Å². The van der Waals surface area contributed by atoms with E-state index >= 15 is 0 Å². The summed E-state index contributed by atoms with van der Waals surface area (Å²) in [5.74, 6) is -0.408. The molecule has 3 aliphatic rings. The number of Topliss-reactive ketones (excluding diaryl/α,β-unsaturated/α-hetero) is 1. The van der Waals surface area contributed by atoms with Gasteiger partial charge >= 0.3 is 6.09 Å². The van der Waals surface area contributed by atoms with Crippen molar-refractivity contribution in [3.63, 3.8) is 0 Å². The molecule has 5 heteroatoms. The van der Waals surface area contributed by atoms with E-state index in [0.717, 1.165) is 19.3 Å². The zero-order valence-corrected chi connectivity index (χ0v) is 19.5. The fourth-order valence-electron chi connectivity index (χ4n) is 6.41. The molecule has 2 heterocycles. The summed E-state index contributed by atoms with van der Waals surface area (Å²) < 4.78 is 19.3. The van der Waals surface area contributed by atoms with E-state index in [-0.39, 0.29) is 41.6 Å². The smallest absolute Gasteiger partial charge is 0.410 e. The summed E-state index contributed by atoms with van der Waals surface area (Å²) in [7, 11) is 0. The first-order valence-electron chi connectivity index (χ1n) is 12.5. The molecule has 4 nitrogen and oxygen atoms in total. The average Bonchev–Trinajstić information content (AvgIpc) is 3.20. The molecular weight excluding hydrogens is 441 g/mol. The highest BCUT2D eigenvalue weighted by Gasteiger charge is 2.44. The lowest BCUT2D eigenvalue weighted by molar-refractivity contribution is 0.00651. The van der Waals surface area contributed by atoms with Crippen LogP contribution in [0.3, 0.4) is 0 Å². The maximum absolute atomic E-state index is 13.4. The number of halogens is 1. The topological polar surface area (TPSA) is 46.6 Å². The van der Waals surface area contributed by atoms with Gasteiger partial charge in [-0.1, -0.05) is 48.5 Å². The van der Waals surface area contributed by atoms with Crippen molar-refractivity contribution in [2.45, 2.75) is 50.1 Å². The van der Waals surface area contributed by atoms with Crippen molar-refractivity contribution in [2.24, 2.45) is 5.92 Å². The third kappa shape index (κ3) is 3.93. The molecule has 2 unspecified atom stereocenters. The van der Waals surface area contributed by atoms with E-state index in [1.165, 1.54) is 34.4 Å². The Kier molecular flexibility index (Phi) is 5.63. The second kappa shape index (κ2) is 8.95. The molecule has 2 aliphatic heterocycles. The van der Waals surface area contributed by atoms with Crippen molar-refractivity contribution >= 4 is 11.9 Å². The average molecular weight is 470 g/mol. The highest BCUT2D eigenvalue weighted by atomic mass is 19.1. The Balaban J connectivity index is 1.16. The summed E-state index contributed by atoms with van der Waals surface area (Å²) in [6, 6.07) is 22.5. The molecule has 3 aromatic rings. The van der Waals surface area contributed by atoms with Crippen LogP contribution in [0.1, 0.15) is 59.5 Å². The number of ketones is 1. The van der Waals surface area contributed by atoms with Gasteiger partial charge in [-0.05, 0) is 78.6 Å². The van der Waals surface area contributed by atoms with Gasteiger partial charge in [0.05, 0.1) is 0 Å². The van der Waals surface area contributed by atoms with Crippen LogP contribution in [0, 0.1) is 11.7 Å². The van der Waals surface area contributed by atoms with Crippen LogP contribution in [-0.4, -0.2) is 35.5 Å². The maximum Gasteiger partial charge on any atom is 0.410 e. The van der Waals surface area contributed by atoms with E-state index in [9.17, 15) is 14.0 Å². The van der Waals surface area contributed by atoms with Crippen molar-refractivity contribution in [2.75, 3.05) is 6.61 Å². The molecule has 178 valence electrons. The van der Waals surface area contributed by atoms with Crippen molar-refractivity contribution in [3.05, 3.63) is 95.3 Å². The van der Waals surface area contributed by atoms with Gasteiger partial charge in [0.2, 0.25) is 0 Å². The third-order valence-electron chi connectivity index (χ3n) is 8.02. The largest absolute Gasteiger partial charge is 0.448 e. The first-order valence-corrected chi connectivity index (χ1v) is 12.5. The second-order valence-electron chi connectivity index (χ2n) is 9.99. The summed E-state index contributed by atoms with van der Waals surface area (Å²) >= 11 is 0. The minimum atomic E-state index is -0.344. The Hall–Kier alpha value is -3.47. The van der Waals surface area contributed by atoms with Gasteiger partial charge in [-0.25, -0.2) is 9.18 Å². The van der Waals surface area contributed by atoms with E-state index in [2.05, 4.69) is 24.3 Å². The summed E-state index contributed by atoms with van der Waals surface area (Å²) in [6.45, 7) is 0.306. The molecule has 2 fully saturated rings. The number of carbonyl (C=O) groups is 2. The van der Waals surface area contributed by atoms with Crippen LogP contribution in [0.25, 0.3) is 11.1 Å². The minimum absolute atomic E-state index is 0.00699. The van der Waals surface area contributed by atoms with Crippen molar-refractivity contribution in [3.8, 4) is 11.1 Å². The molecule has 0 spiro atoms. The predicted molar refractivity (Wildman–Crippen MR) is 132 cm³/mol. The van der Waals surface area contributed by atoms with Crippen molar-refractivity contribution < 1.29 is 18.7 Å². The monoisotopic (exact) mass is 469 g/mol. The van der Waals surface area contributed by atoms with Crippen LogP contribution >= 0.6 is 0 Å². The standard InChI is InChI=1S/C30H28FNO3/c31-21-14-12-19(13-15-21)29(33)20-16-22-6-5-7-23(17-20)32(22)30(34)35-18-28-26-10-3-1-8-24(26)25-9-2-4-11-27(25)28/h1-4,8-15,20,22-23,28H,5-7,16-18H2. The number of piperidine rings is 2. The lowest BCUT2D eigenvalue weighted by atomic mass is 9.76. The summed E-state index contributed by atoms with van der Waals surface area (Å²) in [5, 5.41) is 0. The molecule has 2 bridgehead atoms. The minimum Gasteiger partial charge on any atom is -0.448 e. The van der Waals surface area contributed by atoms with Gasteiger partial charge in [0.1, 0.15) is 12.4 Å². The van der Waals surface area contributed by atoms with Crippen LogP contribution in [0.4, 0.5) is 9.18 Å². The molecule has 6 rings (SSSR count). The third-order valence-corrected chi connectivity index (χ3v) is 8.02. The molecule has 1 aliphatic carbocycles. The van der Waals surface area contributed by atoms with Gasteiger partial charge in [0.25, 0.3) is 0 Å².